The first-order chi connectivity index (χ1) is 10.2. The molecule has 0 aliphatic carbocycles. The van der Waals surface area contributed by atoms with Crippen LogP contribution in [0, 0.1) is 0 Å². The maximum absolute atomic E-state index is 12.7. The number of amides is 1. The number of aromatic hydroxyl groups is 1. The van der Waals surface area contributed by atoms with E-state index in [1.54, 1.807) is 24.3 Å². The summed E-state index contributed by atoms with van der Waals surface area (Å²) in [5.74, 6) is 0.137. The number of hydrogen-bond donors (Lipinski definition) is 2. The number of nitrogens with zero attached hydrogens (tertiary/aromatic N) is 1. The van der Waals surface area contributed by atoms with Crippen molar-refractivity contribution in [1.29, 1.82) is 0 Å². The lowest BCUT2D eigenvalue weighted by atomic mass is 9.96. The van der Waals surface area contributed by atoms with Gasteiger partial charge in [-0.05, 0) is 49.4 Å². The van der Waals surface area contributed by atoms with Crippen molar-refractivity contribution in [3.05, 3.63) is 59.7 Å². The second kappa shape index (κ2) is 5.58. The minimum atomic E-state index is -0.0306. The van der Waals surface area contributed by atoms with Crippen LogP contribution in [0.1, 0.15) is 28.4 Å². The SMILES string of the molecule is CNC1CCN(C(=O)c2ccc(O)cc2)c2ccccc21. The van der Waals surface area contributed by atoms with Gasteiger partial charge in [-0.3, -0.25) is 4.79 Å². The third kappa shape index (κ3) is 2.50. The number of nitrogens with one attached hydrogen (secondary N) is 1. The molecule has 1 atom stereocenters. The summed E-state index contributed by atoms with van der Waals surface area (Å²) in [7, 11) is 1.94. The number of anilines is 1. The fraction of sp³-hybridized carbons (Fsp3) is 0.235. The molecule has 21 heavy (non-hydrogen) atoms. The second-order valence-electron chi connectivity index (χ2n) is 5.19. The molecule has 0 radical (unpaired) electrons. The summed E-state index contributed by atoms with van der Waals surface area (Å²) in [6.45, 7) is 0.683. The van der Waals surface area contributed by atoms with Crippen LogP contribution in [0.4, 0.5) is 5.69 Å². The van der Waals surface area contributed by atoms with Crippen LogP contribution < -0.4 is 10.2 Å². The Morgan fingerprint density at radius 2 is 1.90 bits per heavy atom. The van der Waals surface area contributed by atoms with Crippen molar-refractivity contribution in [2.45, 2.75) is 12.5 Å². The zero-order valence-electron chi connectivity index (χ0n) is 11.9. The minimum Gasteiger partial charge on any atom is -0.508 e. The number of carbonyl (C=O) groups is 1. The van der Waals surface area contributed by atoms with Gasteiger partial charge in [0, 0.05) is 23.8 Å². The highest BCUT2D eigenvalue weighted by atomic mass is 16.3. The molecular formula is C17H18N2O2. The van der Waals surface area contributed by atoms with Gasteiger partial charge in [-0.2, -0.15) is 0 Å². The molecule has 1 amide bonds. The van der Waals surface area contributed by atoms with Gasteiger partial charge in [0.1, 0.15) is 5.75 Å². The Morgan fingerprint density at radius 1 is 1.19 bits per heavy atom. The average molecular weight is 282 g/mol. The van der Waals surface area contributed by atoms with E-state index < -0.39 is 0 Å². The molecule has 3 rings (SSSR count). The zero-order valence-corrected chi connectivity index (χ0v) is 11.9. The summed E-state index contributed by atoms with van der Waals surface area (Å²) in [5.41, 5.74) is 2.70. The monoisotopic (exact) mass is 282 g/mol. The molecule has 108 valence electrons. The van der Waals surface area contributed by atoms with Crippen LogP contribution in [-0.2, 0) is 0 Å². The Bertz CT molecular complexity index is 652. The van der Waals surface area contributed by atoms with Gasteiger partial charge >= 0.3 is 0 Å². The van der Waals surface area contributed by atoms with E-state index in [-0.39, 0.29) is 17.7 Å². The Balaban J connectivity index is 1.96. The molecule has 4 heteroatoms. The van der Waals surface area contributed by atoms with E-state index in [0.29, 0.717) is 12.1 Å². The van der Waals surface area contributed by atoms with Crippen LogP contribution in [-0.4, -0.2) is 24.6 Å². The van der Waals surface area contributed by atoms with Crippen LogP contribution in [0.5, 0.6) is 5.75 Å². The molecule has 1 aliphatic rings. The van der Waals surface area contributed by atoms with Crippen molar-refractivity contribution in [3.8, 4) is 5.75 Å². The molecule has 4 nitrogen and oxygen atoms in total. The molecule has 1 heterocycles. The molecule has 0 bridgehead atoms. The molecule has 2 N–H and O–H groups in total. The van der Waals surface area contributed by atoms with Gasteiger partial charge in [0.25, 0.3) is 5.91 Å². The third-order valence-corrected chi connectivity index (χ3v) is 3.95. The third-order valence-electron chi connectivity index (χ3n) is 3.95. The topological polar surface area (TPSA) is 52.6 Å². The summed E-state index contributed by atoms with van der Waals surface area (Å²) in [6.07, 6.45) is 0.886. The van der Waals surface area contributed by atoms with Gasteiger partial charge in [0.2, 0.25) is 0 Å². The summed E-state index contributed by atoms with van der Waals surface area (Å²) < 4.78 is 0. The van der Waals surface area contributed by atoms with Crippen molar-refractivity contribution in [3.63, 3.8) is 0 Å². The Hall–Kier alpha value is -2.33. The number of carbonyl (C=O) groups excluding carboxylic acids is 1. The molecule has 0 aromatic heterocycles. The number of benzene rings is 2. The highest BCUT2D eigenvalue weighted by Gasteiger charge is 2.28. The highest BCUT2D eigenvalue weighted by Crippen LogP contribution is 2.34. The van der Waals surface area contributed by atoms with E-state index in [1.807, 2.05) is 30.1 Å². The quantitative estimate of drug-likeness (QED) is 0.890. The van der Waals surface area contributed by atoms with Gasteiger partial charge in [0.15, 0.2) is 0 Å². The van der Waals surface area contributed by atoms with E-state index in [1.165, 1.54) is 0 Å². The molecule has 0 saturated carbocycles. The number of hydrogen-bond acceptors (Lipinski definition) is 3. The molecular weight excluding hydrogens is 264 g/mol. The second-order valence-corrected chi connectivity index (χ2v) is 5.19. The predicted octanol–water partition coefficient (Wildman–Crippen LogP) is 2.70. The van der Waals surface area contributed by atoms with E-state index in [2.05, 4.69) is 11.4 Å². The molecule has 1 aliphatic heterocycles. The van der Waals surface area contributed by atoms with Crippen molar-refractivity contribution in [1.82, 2.24) is 5.32 Å². The van der Waals surface area contributed by atoms with Crippen LogP contribution in [0.25, 0.3) is 0 Å². The van der Waals surface area contributed by atoms with Crippen LogP contribution >= 0.6 is 0 Å². The number of phenolic OH excluding ortho intramolecular Hbond substituents is 1. The van der Waals surface area contributed by atoms with Crippen molar-refractivity contribution >= 4 is 11.6 Å². The molecule has 0 spiro atoms. The molecule has 2 aromatic carbocycles. The van der Waals surface area contributed by atoms with E-state index in [0.717, 1.165) is 17.7 Å². The lowest BCUT2D eigenvalue weighted by Gasteiger charge is -2.34. The van der Waals surface area contributed by atoms with Crippen molar-refractivity contribution in [2.75, 3.05) is 18.5 Å². The normalized spacial score (nSPS) is 17.4. The summed E-state index contributed by atoms with van der Waals surface area (Å²) in [4.78, 5) is 14.5. The predicted molar refractivity (Wildman–Crippen MR) is 82.6 cm³/mol. The van der Waals surface area contributed by atoms with Gasteiger partial charge in [-0.15, -0.1) is 0 Å². The van der Waals surface area contributed by atoms with Gasteiger partial charge in [-0.25, -0.2) is 0 Å². The maximum Gasteiger partial charge on any atom is 0.258 e. The van der Waals surface area contributed by atoms with E-state index in [9.17, 15) is 9.90 Å². The average Bonchev–Trinajstić information content (AvgIpc) is 2.54. The smallest absolute Gasteiger partial charge is 0.258 e. The lowest BCUT2D eigenvalue weighted by molar-refractivity contribution is 0.0983. The largest absolute Gasteiger partial charge is 0.508 e. The number of para-hydroxylation sites is 1. The van der Waals surface area contributed by atoms with Crippen molar-refractivity contribution < 1.29 is 9.90 Å². The Kier molecular flexibility index (Phi) is 3.62. The maximum atomic E-state index is 12.7. The fourth-order valence-corrected chi connectivity index (χ4v) is 2.83. The van der Waals surface area contributed by atoms with E-state index >= 15 is 0 Å². The first kappa shape index (κ1) is 13.6. The first-order valence-corrected chi connectivity index (χ1v) is 7.08. The summed E-state index contributed by atoms with van der Waals surface area (Å²) >= 11 is 0. The van der Waals surface area contributed by atoms with Crippen LogP contribution in [0.3, 0.4) is 0 Å². The molecule has 2 aromatic rings. The standard InChI is InChI=1S/C17H18N2O2/c1-18-15-10-11-19(16-5-3-2-4-14(15)16)17(21)12-6-8-13(20)9-7-12/h2-9,15,18,20H,10-11H2,1H3. The van der Waals surface area contributed by atoms with Crippen LogP contribution in [0.15, 0.2) is 48.5 Å². The number of rotatable bonds is 2. The Morgan fingerprint density at radius 3 is 2.62 bits per heavy atom. The van der Waals surface area contributed by atoms with Crippen LogP contribution in [0.2, 0.25) is 0 Å². The van der Waals surface area contributed by atoms with Gasteiger partial charge in [0.05, 0.1) is 0 Å². The Labute approximate surface area is 124 Å². The number of fused-ring (bicyclic) bond motifs is 1. The first-order valence-electron chi connectivity index (χ1n) is 7.08. The summed E-state index contributed by atoms with van der Waals surface area (Å²) in [5, 5.41) is 12.6. The molecule has 0 saturated heterocycles. The fourth-order valence-electron chi connectivity index (χ4n) is 2.83. The van der Waals surface area contributed by atoms with Gasteiger partial charge in [-0.1, -0.05) is 18.2 Å². The van der Waals surface area contributed by atoms with Crippen molar-refractivity contribution in [2.24, 2.45) is 0 Å². The zero-order chi connectivity index (χ0) is 14.8. The lowest BCUT2D eigenvalue weighted by Crippen LogP contribution is -2.39. The highest BCUT2D eigenvalue weighted by molar-refractivity contribution is 6.06. The number of phenols is 1. The van der Waals surface area contributed by atoms with Gasteiger partial charge < -0.3 is 15.3 Å². The van der Waals surface area contributed by atoms with E-state index in [4.69, 9.17) is 0 Å². The summed E-state index contributed by atoms with van der Waals surface area (Å²) in [6, 6.07) is 14.7. The molecule has 0 fully saturated rings. The minimum absolute atomic E-state index is 0.0306. The molecule has 1 unspecified atom stereocenters.